The fourth-order valence-corrected chi connectivity index (χ4v) is 2.86. The third-order valence-electron chi connectivity index (χ3n) is 3.69. The lowest BCUT2D eigenvalue weighted by Gasteiger charge is -2.04. The number of nitrogens with one attached hydrogen (secondary N) is 1. The van der Waals surface area contributed by atoms with Crippen molar-refractivity contribution < 1.29 is 4.79 Å². The molecule has 0 unspecified atom stereocenters. The third-order valence-corrected chi connectivity index (χ3v) is 4.27. The summed E-state index contributed by atoms with van der Waals surface area (Å²) in [5.74, 6) is 0.352. The zero-order valence-electron chi connectivity index (χ0n) is 13.6. The van der Waals surface area contributed by atoms with Crippen LogP contribution in [0.5, 0.6) is 0 Å². The normalized spacial score (nSPS) is 10.6. The monoisotopic (exact) mass is 383 g/mol. The molecule has 0 saturated carbocycles. The van der Waals surface area contributed by atoms with Crippen LogP contribution in [0.2, 0.25) is 0 Å². The van der Waals surface area contributed by atoms with Crippen molar-refractivity contribution in [1.82, 2.24) is 9.78 Å². The van der Waals surface area contributed by atoms with Gasteiger partial charge >= 0.3 is 0 Å². The first-order valence-electron chi connectivity index (χ1n) is 7.68. The van der Waals surface area contributed by atoms with E-state index in [1.807, 2.05) is 48.1 Å². The van der Waals surface area contributed by atoms with Gasteiger partial charge in [0.15, 0.2) is 5.82 Å². The number of benzene rings is 2. The molecule has 0 bridgehead atoms. The molecule has 0 atom stereocenters. The summed E-state index contributed by atoms with van der Waals surface area (Å²) in [4.78, 5) is 12.3. The van der Waals surface area contributed by atoms with Crippen molar-refractivity contribution in [2.75, 3.05) is 5.32 Å². The molecule has 0 radical (unpaired) electrons. The number of hydrogen-bond acceptors (Lipinski definition) is 2. The quantitative estimate of drug-likeness (QED) is 0.717. The maximum absolute atomic E-state index is 12.3. The fraction of sp³-hybridized carbons (Fsp3) is 0.158. The van der Waals surface area contributed by atoms with E-state index < -0.39 is 0 Å². The van der Waals surface area contributed by atoms with Crippen molar-refractivity contribution in [3.63, 3.8) is 0 Å². The molecule has 4 nitrogen and oxygen atoms in total. The van der Waals surface area contributed by atoms with Gasteiger partial charge in [-0.1, -0.05) is 47.5 Å². The number of aryl methyl sites for hydroxylation is 2. The summed E-state index contributed by atoms with van der Waals surface area (Å²) in [5.41, 5.74) is 4.11. The largest absolute Gasteiger partial charge is 0.304 e. The van der Waals surface area contributed by atoms with Gasteiger partial charge in [-0.15, -0.1) is 0 Å². The molecule has 0 spiro atoms. The minimum Gasteiger partial charge on any atom is -0.304 e. The van der Waals surface area contributed by atoms with Gasteiger partial charge in [0.1, 0.15) is 0 Å². The lowest BCUT2D eigenvalue weighted by Crippen LogP contribution is -2.13. The summed E-state index contributed by atoms with van der Waals surface area (Å²) in [6.45, 7) is 4.71. The van der Waals surface area contributed by atoms with Gasteiger partial charge in [-0.25, -0.2) is 0 Å². The summed E-state index contributed by atoms with van der Waals surface area (Å²) in [6, 6.07) is 15.7. The number of carbonyl (C=O) groups excluding carboxylic acids is 1. The number of rotatable bonds is 4. The first-order valence-corrected chi connectivity index (χ1v) is 8.47. The van der Waals surface area contributed by atoms with Crippen LogP contribution in [0.3, 0.4) is 0 Å². The Morgan fingerprint density at radius 1 is 1.12 bits per heavy atom. The van der Waals surface area contributed by atoms with Gasteiger partial charge in [-0.2, -0.15) is 5.10 Å². The van der Waals surface area contributed by atoms with Gasteiger partial charge in [0, 0.05) is 11.8 Å². The van der Waals surface area contributed by atoms with E-state index in [0.717, 1.165) is 10.0 Å². The maximum Gasteiger partial charge on any atom is 0.256 e. The fourth-order valence-electron chi connectivity index (χ4n) is 2.44. The Morgan fingerprint density at radius 3 is 2.58 bits per heavy atom. The van der Waals surface area contributed by atoms with Crippen molar-refractivity contribution in [2.45, 2.75) is 20.4 Å². The van der Waals surface area contributed by atoms with Gasteiger partial charge in [-0.05, 0) is 47.5 Å². The molecule has 0 aliphatic carbocycles. The van der Waals surface area contributed by atoms with Crippen LogP contribution in [0, 0.1) is 13.8 Å². The number of aromatic nitrogens is 2. The maximum atomic E-state index is 12.3. The topological polar surface area (TPSA) is 46.9 Å². The lowest BCUT2D eigenvalue weighted by atomic mass is 10.1. The summed E-state index contributed by atoms with van der Waals surface area (Å²) in [5, 5.41) is 7.30. The van der Waals surface area contributed by atoms with Crippen molar-refractivity contribution in [3.05, 3.63) is 81.5 Å². The van der Waals surface area contributed by atoms with E-state index in [4.69, 9.17) is 0 Å². The van der Waals surface area contributed by atoms with E-state index in [9.17, 15) is 4.79 Å². The van der Waals surface area contributed by atoms with Crippen LogP contribution in [-0.2, 0) is 6.54 Å². The number of carbonyl (C=O) groups is 1. The molecule has 0 aliphatic heterocycles. The average molecular weight is 384 g/mol. The van der Waals surface area contributed by atoms with E-state index in [2.05, 4.69) is 51.5 Å². The molecule has 24 heavy (non-hydrogen) atoms. The molecular weight excluding hydrogens is 366 g/mol. The highest BCUT2D eigenvalue weighted by molar-refractivity contribution is 9.10. The smallest absolute Gasteiger partial charge is 0.256 e. The highest BCUT2D eigenvalue weighted by atomic mass is 79.9. The second-order valence-electron chi connectivity index (χ2n) is 5.83. The first-order chi connectivity index (χ1) is 11.5. The summed E-state index contributed by atoms with van der Waals surface area (Å²) in [6.07, 6.45) is 1.87. The standard InChI is InChI=1S/C19H18BrN3O/c1-13-6-8-16(9-7-13)19(24)21-18-17(20)12-23(22-18)11-15-5-3-4-14(2)10-15/h3-10,12H,11H2,1-2H3,(H,21,22,24). The van der Waals surface area contributed by atoms with Crippen molar-refractivity contribution >= 4 is 27.7 Å². The first kappa shape index (κ1) is 16.5. The molecule has 5 heteroatoms. The molecule has 3 aromatic rings. The number of halogens is 1. The number of anilines is 1. The second-order valence-corrected chi connectivity index (χ2v) is 6.69. The highest BCUT2D eigenvalue weighted by Gasteiger charge is 2.12. The summed E-state index contributed by atoms with van der Waals surface area (Å²) < 4.78 is 2.57. The molecule has 0 aliphatic rings. The SMILES string of the molecule is Cc1ccc(C(=O)Nc2nn(Cc3cccc(C)c3)cc2Br)cc1. The molecule has 1 amide bonds. The Hall–Kier alpha value is -2.40. The summed E-state index contributed by atoms with van der Waals surface area (Å²) in [7, 11) is 0. The molecule has 1 N–H and O–H groups in total. The number of hydrogen-bond donors (Lipinski definition) is 1. The molecule has 3 rings (SSSR count). The van der Waals surface area contributed by atoms with E-state index in [1.165, 1.54) is 11.1 Å². The predicted molar refractivity (Wildman–Crippen MR) is 99.3 cm³/mol. The van der Waals surface area contributed by atoms with Crippen LogP contribution in [0.15, 0.2) is 59.2 Å². The highest BCUT2D eigenvalue weighted by Crippen LogP contribution is 2.21. The van der Waals surface area contributed by atoms with Crippen LogP contribution in [0.1, 0.15) is 27.0 Å². The van der Waals surface area contributed by atoms with Gasteiger partial charge in [0.05, 0.1) is 11.0 Å². The van der Waals surface area contributed by atoms with Crippen molar-refractivity contribution in [1.29, 1.82) is 0 Å². The van der Waals surface area contributed by atoms with Crippen LogP contribution < -0.4 is 5.32 Å². The molecule has 1 aromatic heterocycles. The van der Waals surface area contributed by atoms with Gasteiger partial charge in [0.25, 0.3) is 5.91 Å². The Labute approximate surface area is 149 Å². The van der Waals surface area contributed by atoms with Gasteiger partial charge < -0.3 is 5.32 Å². The number of amides is 1. The van der Waals surface area contributed by atoms with Crippen LogP contribution in [-0.4, -0.2) is 15.7 Å². The predicted octanol–water partition coefficient (Wildman–Crippen LogP) is 4.56. The van der Waals surface area contributed by atoms with E-state index >= 15 is 0 Å². The van der Waals surface area contributed by atoms with Crippen LogP contribution >= 0.6 is 15.9 Å². The molecule has 122 valence electrons. The van der Waals surface area contributed by atoms with E-state index in [-0.39, 0.29) is 5.91 Å². The lowest BCUT2D eigenvalue weighted by molar-refractivity contribution is 0.102. The average Bonchev–Trinajstić information content (AvgIpc) is 2.87. The second kappa shape index (κ2) is 7.01. The molecule has 0 fully saturated rings. The van der Waals surface area contributed by atoms with Gasteiger partial charge in [-0.3, -0.25) is 9.48 Å². The molecule has 1 heterocycles. The van der Waals surface area contributed by atoms with Crippen LogP contribution in [0.25, 0.3) is 0 Å². The van der Waals surface area contributed by atoms with E-state index in [1.54, 1.807) is 0 Å². The Morgan fingerprint density at radius 2 is 1.88 bits per heavy atom. The number of nitrogens with zero attached hydrogens (tertiary/aromatic N) is 2. The molecular formula is C19H18BrN3O. The van der Waals surface area contributed by atoms with E-state index in [0.29, 0.717) is 17.9 Å². The zero-order chi connectivity index (χ0) is 17.1. The van der Waals surface area contributed by atoms with Crippen molar-refractivity contribution in [3.8, 4) is 0 Å². The minimum absolute atomic E-state index is 0.170. The zero-order valence-corrected chi connectivity index (χ0v) is 15.2. The Bertz CT molecular complexity index is 869. The Kier molecular flexibility index (Phi) is 4.81. The van der Waals surface area contributed by atoms with Gasteiger partial charge in [0.2, 0.25) is 0 Å². The molecule has 0 saturated heterocycles. The van der Waals surface area contributed by atoms with Crippen molar-refractivity contribution in [2.24, 2.45) is 0 Å². The third kappa shape index (κ3) is 3.92. The van der Waals surface area contributed by atoms with Crippen LogP contribution in [0.4, 0.5) is 5.82 Å². The molecule has 2 aromatic carbocycles. The minimum atomic E-state index is -0.170. The Balaban J connectivity index is 1.74. The summed E-state index contributed by atoms with van der Waals surface area (Å²) >= 11 is 3.46.